The maximum absolute atomic E-state index is 12.4. The topological polar surface area (TPSA) is 39.2 Å². The predicted octanol–water partition coefficient (Wildman–Crippen LogP) is 2.50. The Bertz CT molecular complexity index is 443. The van der Waals surface area contributed by atoms with Crippen molar-refractivity contribution < 1.29 is 9.53 Å². The summed E-state index contributed by atoms with van der Waals surface area (Å²) in [6.07, 6.45) is 6.95. The van der Waals surface area contributed by atoms with Gasteiger partial charge in [-0.15, -0.1) is 0 Å². The Hall–Kier alpha value is -0.870. The standard InChI is InChI=1S/C15H19NO2S/c17-14(8-12-2-1-5-16-10-12)13-3-6-18-15(9-13)4-7-19-11-15/h1-2,5,10,13H,3-4,6-9,11H2. The number of Topliss-reactive ketones (excluding diaryl/α,β-unsaturated/α-hetero) is 1. The zero-order valence-corrected chi connectivity index (χ0v) is 11.8. The average Bonchev–Trinajstić information content (AvgIpc) is 2.88. The van der Waals surface area contributed by atoms with Gasteiger partial charge >= 0.3 is 0 Å². The minimum absolute atomic E-state index is 0.00180. The number of carbonyl (C=O) groups excluding carboxylic acids is 1. The molecular weight excluding hydrogens is 258 g/mol. The Balaban J connectivity index is 1.63. The first kappa shape index (κ1) is 13.1. The molecule has 0 bridgehead atoms. The van der Waals surface area contributed by atoms with Gasteiger partial charge < -0.3 is 4.74 Å². The molecule has 0 aliphatic carbocycles. The number of ether oxygens (including phenoxy) is 1. The van der Waals surface area contributed by atoms with E-state index in [-0.39, 0.29) is 11.5 Å². The average molecular weight is 277 g/mol. The van der Waals surface area contributed by atoms with Gasteiger partial charge in [-0.25, -0.2) is 0 Å². The van der Waals surface area contributed by atoms with Crippen LogP contribution < -0.4 is 0 Å². The summed E-state index contributed by atoms with van der Waals surface area (Å²) in [6.45, 7) is 0.740. The molecule has 0 radical (unpaired) electrons. The summed E-state index contributed by atoms with van der Waals surface area (Å²) >= 11 is 1.95. The van der Waals surface area contributed by atoms with Crippen LogP contribution in [-0.2, 0) is 16.0 Å². The van der Waals surface area contributed by atoms with Crippen LogP contribution in [0.4, 0.5) is 0 Å². The highest BCUT2D eigenvalue weighted by molar-refractivity contribution is 7.99. The molecule has 0 N–H and O–H groups in total. The van der Waals surface area contributed by atoms with Gasteiger partial charge in [-0.2, -0.15) is 11.8 Å². The molecule has 0 amide bonds. The molecule has 2 saturated heterocycles. The van der Waals surface area contributed by atoms with E-state index < -0.39 is 0 Å². The minimum atomic E-state index is -0.00180. The van der Waals surface area contributed by atoms with Crippen LogP contribution in [0.2, 0.25) is 0 Å². The largest absolute Gasteiger partial charge is 0.374 e. The first-order valence-corrected chi connectivity index (χ1v) is 8.06. The van der Waals surface area contributed by atoms with Crippen molar-refractivity contribution in [2.45, 2.75) is 31.3 Å². The number of nitrogens with zero attached hydrogens (tertiary/aromatic N) is 1. The van der Waals surface area contributed by atoms with E-state index >= 15 is 0 Å². The SMILES string of the molecule is O=C(Cc1cccnc1)C1CCOC2(CCSC2)C1. The van der Waals surface area contributed by atoms with E-state index in [1.54, 1.807) is 12.4 Å². The Morgan fingerprint density at radius 1 is 1.58 bits per heavy atom. The van der Waals surface area contributed by atoms with Crippen molar-refractivity contribution in [2.24, 2.45) is 5.92 Å². The molecule has 3 heterocycles. The number of hydrogen-bond donors (Lipinski definition) is 0. The molecule has 2 fully saturated rings. The molecule has 4 heteroatoms. The molecule has 1 spiro atoms. The molecular formula is C15H19NO2S. The van der Waals surface area contributed by atoms with Crippen LogP contribution >= 0.6 is 11.8 Å². The van der Waals surface area contributed by atoms with Crippen LogP contribution in [0.25, 0.3) is 0 Å². The number of aromatic nitrogens is 1. The van der Waals surface area contributed by atoms with E-state index in [1.165, 1.54) is 5.75 Å². The highest BCUT2D eigenvalue weighted by Gasteiger charge is 2.42. The lowest BCUT2D eigenvalue weighted by Crippen LogP contribution is -2.42. The fraction of sp³-hybridized carbons (Fsp3) is 0.600. The molecule has 1 aromatic rings. The van der Waals surface area contributed by atoms with E-state index in [0.29, 0.717) is 12.2 Å². The zero-order valence-electron chi connectivity index (χ0n) is 11.0. The molecule has 2 unspecified atom stereocenters. The van der Waals surface area contributed by atoms with Crippen molar-refractivity contribution in [1.29, 1.82) is 0 Å². The molecule has 2 atom stereocenters. The van der Waals surface area contributed by atoms with Gasteiger partial charge in [0.2, 0.25) is 0 Å². The number of carbonyl (C=O) groups is 1. The molecule has 102 valence electrons. The van der Waals surface area contributed by atoms with Gasteiger partial charge in [-0.3, -0.25) is 9.78 Å². The van der Waals surface area contributed by atoms with E-state index in [0.717, 1.165) is 37.2 Å². The van der Waals surface area contributed by atoms with E-state index in [2.05, 4.69) is 4.98 Å². The molecule has 2 aliphatic heterocycles. The number of pyridine rings is 1. The zero-order chi connectivity index (χ0) is 13.1. The minimum Gasteiger partial charge on any atom is -0.374 e. The molecule has 1 aromatic heterocycles. The number of rotatable bonds is 3. The smallest absolute Gasteiger partial charge is 0.140 e. The third-order valence-electron chi connectivity index (χ3n) is 4.12. The van der Waals surface area contributed by atoms with Gasteiger partial charge in [0.15, 0.2) is 0 Å². The maximum Gasteiger partial charge on any atom is 0.140 e. The van der Waals surface area contributed by atoms with Gasteiger partial charge in [0.25, 0.3) is 0 Å². The second-order valence-electron chi connectivity index (χ2n) is 5.53. The van der Waals surface area contributed by atoms with Crippen LogP contribution in [0, 0.1) is 5.92 Å². The van der Waals surface area contributed by atoms with Gasteiger partial charge in [-0.05, 0) is 36.6 Å². The Morgan fingerprint density at radius 2 is 2.53 bits per heavy atom. The van der Waals surface area contributed by atoms with Crippen LogP contribution in [0.15, 0.2) is 24.5 Å². The van der Waals surface area contributed by atoms with Crippen molar-refractivity contribution in [3.8, 4) is 0 Å². The monoisotopic (exact) mass is 277 g/mol. The number of thioether (sulfide) groups is 1. The summed E-state index contributed by atoms with van der Waals surface area (Å²) in [5.41, 5.74) is 1.02. The summed E-state index contributed by atoms with van der Waals surface area (Å²) in [5, 5.41) is 0. The Kier molecular flexibility index (Phi) is 3.89. The summed E-state index contributed by atoms with van der Waals surface area (Å²) in [6, 6.07) is 3.87. The summed E-state index contributed by atoms with van der Waals surface area (Å²) < 4.78 is 5.97. The fourth-order valence-electron chi connectivity index (χ4n) is 3.01. The molecule has 19 heavy (non-hydrogen) atoms. The second kappa shape index (κ2) is 5.63. The molecule has 0 aromatic carbocycles. The van der Waals surface area contributed by atoms with Crippen molar-refractivity contribution in [3.63, 3.8) is 0 Å². The van der Waals surface area contributed by atoms with E-state index in [4.69, 9.17) is 4.74 Å². The maximum atomic E-state index is 12.4. The van der Waals surface area contributed by atoms with Crippen LogP contribution in [0.3, 0.4) is 0 Å². The molecule has 0 saturated carbocycles. The fourth-order valence-corrected chi connectivity index (χ4v) is 4.39. The predicted molar refractivity (Wildman–Crippen MR) is 76.3 cm³/mol. The van der Waals surface area contributed by atoms with Crippen molar-refractivity contribution in [1.82, 2.24) is 4.98 Å². The highest BCUT2D eigenvalue weighted by Crippen LogP contribution is 2.40. The van der Waals surface area contributed by atoms with Crippen molar-refractivity contribution in [2.75, 3.05) is 18.1 Å². The first-order valence-electron chi connectivity index (χ1n) is 6.91. The summed E-state index contributed by atoms with van der Waals surface area (Å²) in [5.74, 6) is 2.76. The normalized spacial score (nSPS) is 30.6. The lowest BCUT2D eigenvalue weighted by atomic mass is 9.82. The van der Waals surface area contributed by atoms with Crippen LogP contribution in [0.5, 0.6) is 0 Å². The van der Waals surface area contributed by atoms with Gasteiger partial charge in [0.1, 0.15) is 5.78 Å². The van der Waals surface area contributed by atoms with Crippen LogP contribution in [-0.4, -0.2) is 34.5 Å². The van der Waals surface area contributed by atoms with Crippen LogP contribution in [0.1, 0.15) is 24.8 Å². The van der Waals surface area contributed by atoms with Gasteiger partial charge in [-0.1, -0.05) is 6.07 Å². The quantitative estimate of drug-likeness (QED) is 0.851. The van der Waals surface area contributed by atoms with Gasteiger partial charge in [0, 0.05) is 37.1 Å². The number of hydrogen-bond acceptors (Lipinski definition) is 4. The Labute approximate surface area is 118 Å². The van der Waals surface area contributed by atoms with Gasteiger partial charge in [0.05, 0.1) is 5.60 Å². The third kappa shape index (κ3) is 3.00. The highest BCUT2D eigenvalue weighted by atomic mass is 32.2. The van der Waals surface area contributed by atoms with E-state index in [1.807, 2.05) is 23.9 Å². The molecule has 3 rings (SSSR count). The van der Waals surface area contributed by atoms with Crippen molar-refractivity contribution >= 4 is 17.5 Å². The molecule has 3 nitrogen and oxygen atoms in total. The molecule has 2 aliphatic rings. The lowest BCUT2D eigenvalue weighted by molar-refractivity contribution is -0.133. The second-order valence-corrected chi connectivity index (χ2v) is 6.63. The van der Waals surface area contributed by atoms with E-state index in [9.17, 15) is 4.79 Å². The third-order valence-corrected chi connectivity index (χ3v) is 5.34. The number of ketones is 1. The Morgan fingerprint density at radius 3 is 3.26 bits per heavy atom. The van der Waals surface area contributed by atoms with Crippen molar-refractivity contribution in [3.05, 3.63) is 30.1 Å². The summed E-state index contributed by atoms with van der Waals surface area (Å²) in [7, 11) is 0. The summed E-state index contributed by atoms with van der Waals surface area (Å²) in [4.78, 5) is 16.5. The lowest BCUT2D eigenvalue weighted by Gasteiger charge is -2.37. The first-order chi connectivity index (χ1) is 9.27.